The molecule has 2 heteroatoms. The van der Waals surface area contributed by atoms with Crippen LogP contribution in [0.2, 0.25) is 0 Å². The first-order valence-electron chi connectivity index (χ1n) is 4.45. The molecule has 1 aromatic heterocycles. The quantitative estimate of drug-likeness (QED) is 0.756. The number of hydrogen-bond donors (Lipinski definition) is 1. The van der Waals surface area contributed by atoms with E-state index in [1.807, 2.05) is 0 Å². The molecule has 1 atom stereocenters. The highest BCUT2D eigenvalue weighted by Gasteiger charge is 2.04. The van der Waals surface area contributed by atoms with E-state index in [1.165, 1.54) is 5.56 Å². The zero-order valence-corrected chi connectivity index (χ0v) is 8.82. The van der Waals surface area contributed by atoms with Crippen LogP contribution in [0, 0.1) is 5.92 Å². The zero-order chi connectivity index (χ0) is 8.97. The predicted octanol–water partition coefficient (Wildman–Crippen LogP) is 3.05. The fourth-order valence-corrected chi connectivity index (χ4v) is 1.81. The van der Waals surface area contributed by atoms with E-state index in [2.05, 4.69) is 42.9 Å². The van der Waals surface area contributed by atoms with Crippen molar-refractivity contribution in [1.82, 2.24) is 5.32 Å². The third-order valence-electron chi connectivity index (χ3n) is 1.88. The molecule has 0 saturated heterocycles. The van der Waals surface area contributed by atoms with Gasteiger partial charge in [0.15, 0.2) is 0 Å². The zero-order valence-electron chi connectivity index (χ0n) is 8.00. The van der Waals surface area contributed by atoms with E-state index in [0.717, 1.165) is 12.5 Å². The van der Waals surface area contributed by atoms with Gasteiger partial charge in [-0.15, -0.1) is 0 Å². The lowest BCUT2D eigenvalue weighted by Gasteiger charge is -2.13. The molecule has 1 nitrogen and oxygen atoms in total. The van der Waals surface area contributed by atoms with Gasteiger partial charge < -0.3 is 5.32 Å². The smallest absolute Gasteiger partial charge is 0.0300 e. The lowest BCUT2D eigenvalue weighted by atomic mass is 10.1. The lowest BCUT2D eigenvalue weighted by Crippen LogP contribution is -2.22. The molecule has 0 aromatic carbocycles. The molecule has 1 N–H and O–H groups in total. The summed E-state index contributed by atoms with van der Waals surface area (Å²) in [6.45, 7) is 7.77. The van der Waals surface area contributed by atoms with Crippen LogP contribution >= 0.6 is 11.3 Å². The van der Waals surface area contributed by atoms with Crippen molar-refractivity contribution in [2.24, 2.45) is 5.92 Å². The first-order chi connectivity index (χ1) is 5.70. The molecule has 0 amide bonds. The van der Waals surface area contributed by atoms with Crippen LogP contribution in [-0.2, 0) is 0 Å². The maximum Gasteiger partial charge on any atom is 0.0300 e. The summed E-state index contributed by atoms with van der Waals surface area (Å²) < 4.78 is 0. The average molecular weight is 183 g/mol. The second-order valence-electron chi connectivity index (χ2n) is 3.58. The SMILES string of the molecule is CC(C)CNC(C)c1ccsc1. The molecule has 0 bridgehead atoms. The second-order valence-corrected chi connectivity index (χ2v) is 4.36. The van der Waals surface area contributed by atoms with Crippen LogP contribution in [0.4, 0.5) is 0 Å². The van der Waals surface area contributed by atoms with E-state index in [-0.39, 0.29) is 0 Å². The van der Waals surface area contributed by atoms with Crippen LogP contribution in [0.3, 0.4) is 0 Å². The van der Waals surface area contributed by atoms with Gasteiger partial charge in [-0.05, 0) is 41.8 Å². The highest BCUT2D eigenvalue weighted by atomic mass is 32.1. The van der Waals surface area contributed by atoms with Gasteiger partial charge in [0.2, 0.25) is 0 Å². The molecule has 1 unspecified atom stereocenters. The molecule has 1 aromatic rings. The Morgan fingerprint density at radius 3 is 2.67 bits per heavy atom. The van der Waals surface area contributed by atoms with Crippen LogP contribution in [0.5, 0.6) is 0 Å². The van der Waals surface area contributed by atoms with Crippen LogP contribution in [-0.4, -0.2) is 6.54 Å². The number of thiophene rings is 1. The molecule has 0 aliphatic heterocycles. The highest BCUT2D eigenvalue weighted by Crippen LogP contribution is 2.15. The first-order valence-corrected chi connectivity index (χ1v) is 5.40. The maximum atomic E-state index is 3.49. The molecule has 12 heavy (non-hydrogen) atoms. The largest absolute Gasteiger partial charge is 0.310 e. The summed E-state index contributed by atoms with van der Waals surface area (Å²) in [5.41, 5.74) is 1.40. The van der Waals surface area contributed by atoms with Crippen LogP contribution in [0.15, 0.2) is 16.8 Å². The first kappa shape index (κ1) is 9.75. The lowest BCUT2D eigenvalue weighted by molar-refractivity contribution is 0.497. The van der Waals surface area contributed by atoms with Gasteiger partial charge in [-0.3, -0.25) is 0 Å². The Morgan fingerprint density at radius 2 is 2.17 bits per heavy atom. The van der Waals surface area contributed by atoms with E-state index in [0.29, 0.717) is 6.04 Å². The molecule has 0 fully saturated rings. The Hall–Kier alpha value is -0.340. The Morgan fingerprint density at radius 1 is 1.42 bits per heavy atom. The Kier molecular flexibility index (Phi) is 3.76. The minimum atomic E-state index is 0.499. The molecule has 0 spiro atoms. The van der Waals surface area contributed by atoms with Crippen molar-refractivity contribution < 1.29 is 0 Å². The topological polar surface area (TPSA) is 12.0 Å². The second kappa shape index (κ2) is 4.63. The van der Waals surface area contributed by atoms with E-state index < -0.39 is 0 Å². The van der Waals surface area contributed by atoms with Gasteiger partial charge in [0.05, 0.1) is 0 Å². The normalized spacial score (nSPS) is 13.7. The van der Waals surface area contributed by atoms with Crippen molar-refractivity contribution in [3.05, 3.63) is 22.4 Å². The minimum Gasteiger partial charge on any atom is -0.310 e. The van der Waals surface area contributed by atoms with Gasteiger partial charge in [-0.1, -0.05) is 13.8 Å². The van der Waals surface area contributed by atoms with Gasteiger partial charge in [-0.2, -0.15) is 11.3 Å². The fraction of sp³-hybridized carbons (Fsp3) is 0.600. The van der Waals surface area contributed by atoms with Crippen LogP contribution in [0.25, 0.3) is 0 Å². The van der Waals surface area contributed by atoms with Crippen LogP contribution < -0.4 is 5.32 Å². The monoisotopic (exact) mass is 183 g/mol. The number of rotatable bonds is 4. The van der Waals surface area contributed by atoms with Gasteiger partial charge in [0, 0.05) is 6.04 Å². The summed E-state index contributed by atoms with van der Waals surface area (Å²) in [6, 6.07) is 2.68. The summed E-state index contributed by atoms with van der Waals surface area (Å²) >= 11 is 1.76. The van der Waals surface area contributed by atoms with Gasteiger partial charge in [0.1, 0.15) is 0 Å². The molecule has 0 radical (unpaired) electrons. The maximum absolute atomic E-state index is 3.49. The van der Waals surface area contributed by atoms with Crippen molar-refractivity contribution in [1.29, 1.82) is 0 Å². The number of nitrogens with one attached hydrogen (secondary N) is 1. The van der Waals surface area contributed by atoms with E-state index in [1.54, 1.807) is 11.3 Å². The van der Waals surface area contributed by atoms with Gasteiger partial charge in [-0.25, -0.2) is 0 Å². The van der Waals surface area contributed by atoms with Gasteiger partial charge >= 0.3 is 0 Å². The Labute approximate surface area is 78.8 Å². The Balaban J connectivity index is 2.34. The Bertz CT molecular complexity index is 204. The summed E-state index contributed by atoms with van der Waals surface area (Å²) in [5.74, 6) is 0.728. The molecule has 0 aliphatic carbocycles. The molecule has 0 saturated carbocycles. The van der Waals surface area contributed by atoms with Crippen molar-refractivity contribution in [2.45, 2.75) is 26.8 Å². The molecule has 1 rings (SSSR count). The summed E-state index contributed by atoms with van der Waals surface area (Å²) in [7, 11) is 0. The standard InChI is InChI=1S/C10H17NS/c1-8(2)6-11-9(3)10-4-5-12-7-10/h4-5,7-9,11H,6H2,1-3H3. The van der Waals surface area contributed by atoms with Crippen molar-refractivity contribution >= 4 is 11.3 Å². The summed E-state index contributed by atoms with van der Waals surface area (Å²) in [6.07, 6.45) is 0. The van der Waals surface area contributed by atoms with Crippen molar-refractivity contribution in [2.75, 3.05) is 6.54 Å². The molecular weight excluding hydrogens is 166 g/mol. The van der Waals surface area contributed by atoms with Gasteiger partial charge in [0.25, 0.3) is 0 Å². The summed E-state index contributed by atoms with van der Waals surface area (Å²) in [5, 5.41) is 7.83. The minimum absolute atomic E-state index is 0.499. The molecule has 1 heterocycles. The predicted molar refractivity (Wildman–Crippen MR) is 55.6 cm³/mol. The van der Waals surface area contributed by atoms with Crippen molar-refractivity contribution in [3.63, 3.8) is 0 Å². The third kappa shape index (κ3) is 2.95. The number of hydrogen-bond acceptors (Lipinski definition) is 2. The molecular formula is C10H17NS. The van der Waals surface area contributed by atoms with E-state index in [4.69, 9.17) is 0 Å². The molecule has 68 valence electrons. The average Bonchev–Trinajstić information content (AvgIpc) is 2.51. The molecule has 0 aliphatic rings. The fourth-order valence-electron chi connectivity index (χ4n) is 1.05. The van der Waals surface area contributed by atoms with E-state index >= 15 is 0 Å². The highest BCUT2D eigenvalue weighted by molar-refractivity contribution is 7.07. The van der Waals surface area contributed by atoms with E-state index in [9.17, 15) is 0 Å². The summed E-state index contributed by atoms with van der Waals surface area (Å²) in [4.78, 5) is 0. The van der Waals surface area contributed by atoms with Crippen molar-refractivity contribution in [3.8, 4) is 0 Å². The third-order valence-corrected chi connectivity index (χ3v) is 2.58. The van der Waals surface area contributed by atoms with Crippen LogP contribution in [0.1, 0.15) is 32.4 Å².